The van der Waals surface area contributed by atoms with Gasteiger partial charge in [0.25, 0.3) is 17.5 Å². The van der Waals surface area contributed by atoms with E-state index in [1.807, 2.05) is 41.3 Å². The lowest BCUT2D eigenvalue weighted by Gasteiger charge is -2.43. The summed E-state index contributed by atoms with van der Waals surface area (Å²) in [6, 6.07) is 25.8. The Labute approximate surface area is 257 Å². The van der Waals surface area contributed by atoms with Gasteiger partial charge in [0.2, 0.25) is 5.91 Å². The number of para-hydroxylation sites is 1. The normalized spacial score (nSPS) is 18.6. The Kier molecular flexibility index (Phi) is 8.32. The number of nitrogens with zero attached hydrogens (tertiary/aromatic N) is 5. The molecule has 3 aliphatic heterocycles. The molecular weight excluding hydrogens is 558 g/mol. The highest BCUT2D eigenvalue weighted by atomic mass is 16.6. The summed E-state index contributed by atoms with van der Waals surface area (Å²) < 4.78 is 0. The molecule has 3 heterocycles. The number of non-ortho nitro benzene ring substituents is 1. The van der Waals surface area contributed by atoms with Crippen LogP contribution < -0.4 is 4.90 Å². The maximum absolute atomic E-state index is 14.1. The average molecular weight is 596 g/mol. The number of carbonyl (C=O) groups excluding carboxylic acids is 3. The molecule has 0 atom stereocenters. The molecule has 44 heavy (non-hydrogen) atoms. The van der Waals surface area contributed by atoms with Crippen molar-refractivity contribution < 1.29 is 19.3 Å². The SMILES string of the molecule is O=C(CN1CN(c2ccccc2)C2(CCN(C(=O)c3ccc([N+](=O)[O-])cc3)CC2)C1=O)N1CCC(Cc2ccccc2)CC1. The van der Waals surface area contributed by atoms with Crippen LogP contribution in [0.2, 0.25) is 0 Å². The highest BCUT2D eigenvalue weighted by molar-refractivity contribution is 5.97. The van der Waals surface area contributed by atoms with E-state index in [0.717, 1.165) is 24.9 Å². The van der Waals surface area contributed by atoms with Gasteiger partial charge in [-0.2, -0.15) is 0 Å². The standard InChI is InChI=1S/C34H37N5O5/c40-31(35-19-15-27(16-20-35)23-26-7-3-1-4-8-26)24-37-25-38(29-9-5-2-6-10-29)34(33(37)42)17-21-36(22-18-34)32(41)28-11-13-30(14-12-28)39(43)44/h1-14,27H,15-25H2. The molecule has 0 bridgehead atoms. The number of carbonyl (C=O) groups is 3. The molecule has 0 radical (unpaired) electrons. The molecule has 228 valence electrons. The van der Waals surface area contributed by atoms with Gasteiger partial charge >= 0.3 is 0 Å². The minimum atomic E-state index is -0.851. The minimum absolute atomic E-state index is 0.0210. The summed E-state index contributed by atoms with van der Waals surface area (Å²) >= 11 is 0. The zero-order chi connectivity index (χ0) is 30.7. The Morgan fingerprint density at radius 1 is 0.818 bits per heavy atom. The van der Waals surface area contributed by atoms with Gasteiger partial charge in [-0.25, -0.2) is 0 Å². The first-order valence-corrected chi connectivity index (χ1v) is 15.3. The van der Waals surface area contributed by atoms with Crippen molar-refractivity contribution in [3.05, 3.63) is 106 Å². The molecule has 10 heteroatoms. The smallest absolute Gasteiger partial charge is 0.269 e. The number of nitro benzene ring substituents is 1. The first kappa shape index (κ1) is 29.3. The van der Waals surface area contributed by atoms with E-state index in [0.29, 0.717) is 57.2 Å². The van der Waals surface area contributed by atoms with Gasteiger partial charge in [-0.05, 0) is 67.9 Å². The molecule has 6 rings (SSSR count). The van der Waals surface area contributed by atoms with Gasteiger partial charge in [0.05, 0.1) is 11.6 Å². The summed E-state index contributed by atoms with van der Waals surface area (Å²) in [6.07, 6.45) is 3.77. The maximum Gasteiger partial charge on any atom is 0.269 e. The monoisotopic (exact) mass is 595 g/mol. The molecule has 1 spiro atoms. The predicted molar refractivity (Wildman–Crippen MR) is 166 cm³/mol. The Balaban J connectivity index is 1.11. The van der Waals surface area contributed by atoms with E-state index in [1.165, 1.54) is 29.8 Å². The van der Waals surface area contributed by atoms with E-state index in [1.54, 1.807) is 9.80 Å². The second-order valence-electron chi connectivity index (χ2n) is 12.0. The largest absolute Gasteiger partial charge is 0.341 e. The van der Waals surface area contributed by atoms with Crippen LogP contribution in [0.3, 0.4) is 0 Å². The first-order chi connectivity index (χ1) is 21.3. The van der Waals surface area contributed by atoms with Crippen molar-refractivity contribution in [2.75, 3.05) is 44.3 Å². The fourth-order valence-electron chi connectivity index (χ4n) is 6.91. The van der Waals surface area contributed by atoms with Crippen molar-refractivity contribution in [2.24, 2.45) is 5.92 Å². The average Bonchev–Trinajstić information content (AvgIpc) is 3.32. The molecule has 0 saturated carbocycles. The molecule has 0 aliphatic carbocycles. The number of hydrogen-bond acceptors (Lipinski definition) is 6. The van der Waals surface area contributed by atoms with Gasteiger partial charge in [0.15, 0.2) is 0 Å². The Hall–Kier alpha value is -4.73. The summed E-state index contributed by atoms with van der Waals surface area (Å²) in [4.78, 5) is 58.7. The summed E-state index contributed by atoms with van der Waals surface area (Å²) in [5, 5.41) is 11.0. The van der Waals surface area contributed by atoms with Crippen LogP contribution in [0.1, 0.15) is 41.6 Å². The van der Waals surface area contributed by atoms with Crippen molar-refractivity contribution in [1.82, 2.24) is 14.7 Å². The third-order valence-corrected chi connectivity index (χ3v) is 9.45. The lowest BCUT2D eigenvalue weighted by Crippen LogP contribution is -2.57. The van der Waals surface area contributed by atoms with Gasteiger partial charge in [-0.1, -0.05) is 48.5 Å². The van der Waals surface area contributed by atoms with Gasteiger partial charge in [-0.3, -0.25) is 24.5 Å². The zero-order valence-electron chi connectivity index (χ0n) is 24.7. The van der Waals surface area contributed by atoms with Crippen molar-refractivity contribution in [3.8, 4) is 0 Å². The molecular formula is C34H37N5O5. The van der Waals surface area contributed by atoms with Crippen molar-refractivity contribution in [2.45, 2.75) is 37.6 Å². The summed E-state index contributed by atoms with van der Waals surface area (Å²) in [7, 11) is 0. The predicted octanol–water partition coefficient (Wildman–Crippen LogP) is 4.36. The molecule has 10 nitrogen and oxygen atoms in total. The molecule has 3 saturated heterocycles. The first-order valence-electron chi connectivity index (χ1n) is 15.3. The van der Waals surface area contributed by atoms with Crippen LogP contribution in [0.5, 0.6) is 0 Å². The van der Waals surface area contributed by atoms with Crippen molar-refractivity contribution >= 4 is 29.1 Å². The number of piperidine rings is 2. The van der Waals surface area contributed by atoms with Gasteiger partial charge in [0.1, 0.15) is 12.1 Å². The fourth-order valence-corrected chi connectivity index (χ4v) is 6.91. The van der Waals surface area contributed by atoms with E-state index in [9.17, 15) is 24.5 Å². The number of benzene rings is 3. The van der Waals surface area contributed by atoms with Crippen LogP contribution >= 0.6 is 0 Å². The van der Waals surface area contributed by atoms with Crippen LogP contribution in [0.15, 0.2) is 84.9 Å². The summed E-state index contributed by atoms with van der Waals surface area (Å²) in [5.41, 5.74) is 1.69. The zero-order valence-corrected chi connectivity index (χ0v) is 24.7. The third kappa shape index (κ3) is 5.89. The van der Waals surface area contributed by atoms with Gasteiger partial charge in [0, 0.05) is 49.6 Å². The van der Waals surface area contributed by atoms with Crippen molar-refractivity contribution in [1.29, 1.82) is 0 Å². The molecule has 0 N–H and O–H groups in total. The number of anilines is 1. The molecule has 3 aromatic rings. The van der Waals surface area contributed by atoms with Crippen LogP contribution in [-0.4, -0.2) is 82.3 Å². The lowest BCUT2D eigenvalue weighted by atomic mass is 9.85. The molecule has 3 aliphatic rings. The highest BCUT2D eigenvalue weighted by Crippen LogP contribution is 2.40. The highest BCUT2D eigenvalue weighted by Gasteiger charge is 2.54. The van der Waals surface area contributed by atoms with Crippen LogP contribution in [0, 0.1) is 16.0 Å². The van der Waals surface area contributed by atoms with Gasteiger partial charge in [-0.15, -0.1) is 0 Å². The second-order valence-corrected chi connectivity index (χ2v) is 12.0. The lowest BCUT2D eigenvalue weighted by molar-refractivity contribution is -0.384. The summed E-state index contributed by atoms with van der Waals surface area (Å²) in [6.45, 7) is 2.48. The van der Waals surface area contributed by atoms with Crippen molar-refractivity contribution in [3.63, 3.8) is 0 Å². The van der Waals surface area contributed by atoms with Crippen LogP contribution in [-0.2, 0) is 16.0 Å². The number of hydrogen-bond donors (Lipinski definition) is 0. The van der Waals surface area contributed by atoms with E-state index in [-0.39, 0.29) is 30.0 Å². The summed E-state index contributed by atoms with van der Waals surface area (Å²) in [5.74, 6) is 0.239. The number of amides is 3. The molecule has 3 aromatic carbocycles. The second kappa shape index (κ2) is 12.5. The molecule has 3 amide bonds. The fraction of sp³-hybridized carbons (Fsp3) is 0.382. The topological polar surface area (TPSA) is 107 Å². The quantitative estimate of drug-likeness (QED) is 0.297. The molecule has 0 unspecified atom stereocenters. The third-order valence-electron chi connectivity index (χ3n) is 9.45. The van der Waals surface area contributed by atoms with Crippen LogP contribution in [0.4, 0.5) is 11.4 Å². The van der Waals surface area contributed by atoms with E-state index >= 15 is 0 Å². The van der Waals surface area contributed by atoms with E-state index < -0.39 is 10.5 Å². The Morgan fingerprint density at radius 2 is 1.43 bits per heavy atom. The van der Waals surface area contributed by atoms with Gasteiger partial charge < -0.3 is 19.6 Å². The minimum Gasteiger partial charge on any atom is -0.341 e. The Bertz CT molecular complexity index is 1500. The van der Waals surface area contributed by atoms with Crippen LogP contribution in [0.25, 0.3) is 0 Å². The molecule has 3 fully saturated rings. The number of likely N-dealkylation sites (tertiary alicyclic amines) is 2. The van der Waals surface area contributed by atoms with E-state index in [2.05, 4.69) is 29.2 Å². The number of rotatable bonds is 7. The van der Waals surface area contributed by atoms with E-state index in [4.69, 9.17) is 0 Å². The number of nitro groups is 1. The molecule has 0 aromatic heterocycles. The maximum atomic E-state index is 14.1. The Morgan fingerprint density at radius 3 is 2.05 bits per heavy atom.